The maximum atomic E-state index is 12.5. The predicted octanol–water partition coefficient (Wildman–Crippen LogP) is 4.37. The van der Waals surface area contributed by atoms with Crippen molar-refractivity contribution in [2.24, 2.45) is 0 Å². The summed E-state index contributed by atoms with van der Waals surface area (Å²) in [4.78, 5) is 17.1. The van der Waals surface area contributed by atoms with E-state index in [0.29, 0.717) is 30.0 Å². The quantitative estimate of drug-likeness (QED) is 0.497. The van der Waals surface area contributed by atoms with Crippen molar-refractivity contribution in [1.82, 2.24) is 10.3 Å². The van der Waals surface area contributed by atoms with Crippen molar-refractivity contribution in [3.63, 3.8) is 0 Å². The van der Waals surface area contributed by atoms with Crippen molar-refractivity contribution in [1.29, 1.82) is 0 Å². The molecule has 0 saturated heterocycles. The number of carbonyl (C=O) groups is 1. The second-order valence-electron chi connectivity index (χ2n) is 6.85. The minimum Gasteiger partial charge on any atom is -0.497 e. The predicted molar refractivity (Wildman–Crippen MR) is 114 cm³/mol. The van der Waals surface area contributed by atoms with Gasteiger partial charge in [-0.1, -0.05) is 24.3 Å². The first-order valence-electron chi connectivity index (χ1n) is 9.58. The van der Waals surface area contributed by atoms with Crippen molar-refractivity contribution < 1.29 is 18.7 Å². The molecular weight excluding hydrogens is 380 g/mol. The topological polar surface area (TPSA) is 73.6 Å². The standard InChI is InChI=1S/C24H22N2O4/c1-28-19-8-3-16(4-9-19)13-23-26-21-12-7-18(14-22(21)30-23)24(27)25-15-17-5-10-20(29-2)11-6-17/h3-12,14H,13,15H2,1-2H3,(H,25,27). The molecule has 0 aliphatic carbocycles. The van der Waals surface area contributed by atoms with Crippen LogP contribution in [0.3, 0.4) is 0 Å². The third kappa shape index (κ3) is 4.43. The summed E-state index contributed by atoms with van der Waals surface area (Å²) in [7, 11) is 3.26. The molecule has 0 radical (unpaired) electrons. The molecule has 0 bridgehead atoms. The van der Waals surface area contributed by atoms with Crippen molar-refractivity contribution in [2.75, 3.05) is 14.2 Å². The molecule has 0 saturated carbocycles. The summed E-state index contributed by atoms with van der Waals surface area (Å²) in [5.41, 5.74) is 3.91. The van der Waals surface area contributed by atoms with Crippen LogP contribution < -0.4 is 14.8 Å². The number of aromatic nitrogens is 1. The normalized spacial score (nSPS) is 10.7. The molecule has 4 aromatic rings. The SMILES string of the molecule is COc1ccc(CNC(=O)c2ccc3nc(Cc4ccc(OC)cc4)oc3c2)cc1. The maximum Gasteiger partial charge on any atom is 0.251 e. The molecule has 152 valence electrons. The minimum atomic E-state index is -0.166. The van der Waals surface area contributed by atoms with Crippen LogP contribution in [0, 0.1) is 0 Å². The van der Waals surface area contributed by atoms with Gasteiger partial charge in [-0.25, -0.2) is 4.98 Å². The van der Waals surface area contributed by atoms with Gasteiger partial charge in [0.05, 0.1) is 14.2 Å². The molecule has 1 amide bonds. The molecule has 4 rings (SSSR count). The molecule has 0 aliphatic heterocycles. The number of carbonyl (C=O) groups excluding carboxylic acids is 1. The largest absolute Gasteiger partial charge is 0.497 e. The van der Waals surface area contributed by atoms with Gasteiger partial charge in [-0.15, -0.1) is 0 Å². The van der Waals surface area contributed by atoms with Gasteiger partial charge in [-0.05, 0) is 53.6 Å². The zero-order valence-electron chi connectivity index (χ0n) is 16.8. The number of nitrogens with zero attached hydrogens (tertiary/aromatic N) is 1. The lowest BCUT2D eigenvalue weighted by Crippen LogP contribution is -2.22. The first-order valence-corrected chi connectivity index (χ1v) is 9.58. The van der Waals surface area contributed by atoms with E-state index >= 15 is 0 Å². The number of fused-ring (bicyclic) bond motifs is 1. The summed E-state index contributed by atoms with van der Waals surface area (Å²) in [6.07, 6.45) is 0.567. The van der Waals surface area contributed by atoms with Crippen LogP contribution in [0.25, 0.3) is 11.1 Å². The fourth-order valence-corrected chi connectivity index (χ4v) is 3.13. The van der Waals surface area contributed by atoms with Crippen LogP contribution in [0.1, 0.15) is 27.4 Å². The highest BCUT2D eigenvalue weighted by Gasteiger charge is 2.11. The smallest absolute Gasteiger partial charge is 0.251 e. The number of rotatable bonds is 7. The molecule has 3 aromatic carbocycles. The first-order chi connectivity index (χ1) is 14.6. The number of amides is 1. The fraction of sp³-hybridized carbons (Fsp3) is 0.167. The van der Waals surface area contributed by atoms with E-state index in [0.717, 1.165) is 28.1 Å². The molecule has 6 heteroatoms. The van der Waals surface area contributed by atoms with Crippen LogP contribution in [-0.4, -0.2) is 25.1 Å². The zero-order valence-corrected chi connectivity index (χ0v) is 16.8. The molecule has 30 heavy (non-hydrogen) atoms. The van der Waals surface area contributed by atoms with Crippen molar-refractivity contribution in [3.05, 3.63) is 89.3 Å². The lowest BCUT2D eigenvalue weighted by Gasteiger charge is -2.06. The van der Waals surface area contributed by atoms with Gasteiger partial charge < -0.3 is 19.2 Å². The van der Waals surface area contributed by atoms with Gasteiger partial charge in [-0.2, -0.15) is 0 Å². The second-order valence-corrected chi connectivity index (χ2v) is 6.85. The third-order valence-electron chi connectivity index (χ3n) is 4.82. The summed E-state index contributed by atoms with van der Waals surface area (Å²) in [6.45, 7) is 0.431. The molecule has 1 N–H and O–H groups in total. The van der Waals surface area contributed by atoms with Crippen LogP contribution >= 0.6 is 0 Å². The molecule has 1 heterocycles. The van der Waals surface area contributed by atoms with E-state index in [1.165, 1.54) is 0 Å². The average Bonchev–Trinajstić information content (AvgIpc) is 3.19. The Hall–Kier alpha value is -3.80. The Labute approximate surface area is 174 Å². The Morgan fingerprint density at radius 1 is 0.900 bits per heavy atom. The number of benzene rings is 3. The van der Waals surface area contributed by atoms with Crippen LogP contribution in [-0.2, 0) is 13.0 Å². The van der Waals surface area contributed by atoms with Gasteiger partial charge in [0.2, 0.25) is 0 Å². The van der Waals surface area contributed by atoms with Crippen LogP contribution in [0.5, 0.6) is 11.5 Å². The number of oxazole rings is 1. The molecule has 1 aromatic heterocycles. The molecule has 0 aliphatic rings. The summed E-state index contributed by atoms with van der Waals surface area (Å²) in [5.74, 6) is 2.03. The van der Waals surface area contributed by atoms with E-state index in [1.54, 1.807) is 32.4 Å². The highest BCUT2D eigenvalue weighted by Crippen LogP contribution is 2.21. The van der Waals surface area contributed by atoms with E-state index in [9.17, 15) is 4.79 Å². The van der Waals surface area contributed by atoms with E-state index in [-0.39, 0.29) is 5.91 Å². The van der Waals surface area contributed by atoms with Crippen molar-refractivity contribution >= 4 is 17.0 Å². The van der Waals surface area contributed by atoms with Gasteiger partial charge in [0.1, 0.15) is 17.0 Å². The minimum absolute atomic E-state index is 0.166. The Morgan fingerprint density at radius 3 is 2.17 bits per heavy atom. The van der Waals surface area contributed by atoms with Crippen LogP contribution in [0.15, 0.2) is 71.1 Å². The average molecular weight is 402 g/mol. The summed E-state index contributed by atoms with van der Waals surface area (Å²) in [5, 5.41) is 2.92. The Balaban J connectivity index is 1.43. The maximum absolute atomic E-state index is 12.5. The molecule has 0 spiro atoms. The monoisotopic (exact) mass is 402 g/mol. The molecule has 0 fully saturated rings. The van der Waals surface area contributed by atoms with Crippen LogP contribution in [0.4, 0.5) is 0 Å². The lowest BCUT2D eigenvalue weighted by atomic mass is 10.1. The molecule has 0 unspecified atom stereocenters. The third-order valence-corrected chi connectivity index (χ3v) is 4.82. The van der Waals surface area contributed by atoms with E-state index < -0.39 is 0 Å². The van der Waals surface area contributed by atoms with Crippen molar-refractivity contribution in [3.8, 4) is 11.5 Å². The number of ether oxygens (including phenoxy) is 2. The summed E-state index contributed by atoms with van der Waals surface area (Å²) in [6, 6.07) is 20.6. The van der Waals surface area contributed by atoms with Gasteiger partial charge in [-0.3, -0.25) is 4.79 Å². The van der Waals surface area contributed by atoms with Gasteiger partial charge in [0.25, 0.3) is 5.91 Å². The highest BCUT2D eigenvalue weighted by atomic mass is 16.5. The lowest BCUT2D eigenvalue weighted by molar-refractivity contribution is 0.0951. The number of hydrogen-bond acceptors (Lipinski definition) is 5. The number of hydrogen-bond donors (Lipinski definition) is 1. The Kier molecular flexibility index (Phi) is 5.66. The second kappa shape index (κ2) is 8.69. The first kappa shape index (κ1) is 19.5. The molecule has 0 atom stereocenters. The van der Waals surface area contributed by atoms with E-state index in [1.807, 2.05) is 48.5 Å². The van der Waals surface area contributed by atoms with Gasteiger partial charge in [0, 0.05) is 18.5 Å². The number of methoxy groups -OCH3 is 2. The van der Waals surface area contributed by atoms with Gasteiger partial charge in [0.15, 0.2) is 11.5 Å². The summed E-state index contributed by atoms with van der Waals surface area (Å²) >= 11 is 0. The highest BCUT2D eigenvalue weighted by molar-refractivity contribution is 5.97. The zero-order chi connectivity index (χ0) is 20.9. The van der Waals surface area contributed by atoms with Crippen LogP contribution in [0.2, 0.25) is 0 Å². The Morgan fingerprint density at radius 2 is 1.53 bits per heavy atom. The van der Waals surface area contributed by atoms with Gasteiger partial charge >= 0.3 is 0 Å². The summed E-state index contributed by atoms with van der Waals surface area (Å²) < 4.78 is 16.2. The fourth-order valence-electron chi connectivity index (χ4n) is 3.13. The molecule has 6 nitrogen and oxygen atoms in total. The van der Waals surface area contributed by atoms with Crippen molar-refractivity contribution in [2.45, 2.75) is 13.0 Å². The Bertz CT molecular complexity index is 1150. The van der Waals surface area contributed by atoms with E-state index in [2.05, 4.69) is 10.3 Å². The molecular formula is C24H22N2O4. The number of nitrogens with one attached hydrogen (secondary N) is 1. The van der Waals surface area contributed by atoms with E-state index in [4.69, 9.17) is 13.9 Å².